The fourth-order valence-electron chi connectivity index (χ4n) is 2.02. The average molecular weight is 253 g/mol. The molecule has 0 bridgehead atoms. The van der Waals surface area contributed by atoms with Crippen LogP contribution in [0.3, 0.4) is 0 Å². The first-order chi connectivity index (χ1) is 8.36. The van der Waals surface area contributed by atoms with Gasteiger partial charge in [-0.05, 0) is 40.5 Å². The van der Waals surface area contributed by atoms with Gasteiger partial charge in [0.1, 0.15) is 6.54 Å². The van der Waals surface area contributed by atoms with Crippen LogP contribution in [0.1, 0.15) is 40.5 Å². The van der Waals surface area contributed by atoms with Gasteiger partial charge in [0.15, 0.2) is 0 Å². The zero-order chi connectivity index (χ0) is 13.8. The van der Waals surface area contributed by atoms with E-state index in [0.717, 1.165) is 12.8 Å². The van der Waals surface area contributed by atoms with Gasteiger partial charge in [0.25, 0.3) is 0 Å². The summed E-state index contributed by atoms with van der Waals surface area (Å²) in [5.74, 6) is -0.314. The number of amides is 1. The smallest absolute Gasteiger partial charge is 0.325 e. The maximum absolute atomic E-state index is 12.4. The number of carbonyl (C=O) groups is 2. The highest BCUT2D eigenvalue weighted by molar-refractivity contribution is 5.84. The van der Waals surface area contributed by atoms with Gasteiger partial charge in [-0.15, -0.1) is 0 Å². The predicted molar refractivity (Wildman–Crippen MR) is 70.0 cm³/mol. The molecule has 0 saturated carbocycles. The molecule has 1 amide bonds. The van der Waals surface area contributed by atoms with Gasteiger partial charge in [0.2, 0.25) is 5.91 Å². The van der Waals surface area contributed by atoms with Crippen LogP contribution in [0, 0.1) is 5.92 Å². The number of carbonyl (C=O) groups excluding carboxylic acids is 2. The van der Waals surface area contributed by atoms with Crippen molar-refractivity contribution >= 4 is 11.9 Å². The van der Waals surface area contributed by atoms with Crippen LogP contribution in [0.15, 0.2) is 12.2 Å². The Morgan fingerprint density at radius 1 is 1.28 bits per heavy atom. The monoisotopic (exact) mass is 253 g/mol. The number of allylic oxidation sites excluding steroid dienone is 2. The van der Waals surface area contributed by atoms with Crippen LogP contribution in [-0.2, 0) is 14.3 Å². The molecule has 0 aliphatic heterocycles. The van der Waals surface area contributed by atoms with E-state index < -0.39 is 0 Å². The van der Waals surface area contributed by atoms with Crippen molar-refractivity contribution < 1.29 is 14.3 Å². The second-order valence-electron chi connectivity index (χ2n) is 5.54. The van der Waals surface area contributed by atoms with Gasteiger partial charge in [-0.2, -0.15) is 0 Å². The van der Waals surface area contributed by atoms with Crippen LogP contribution in [0.2, 0.25) is 0 Å². The number of hydrogen-bond acceptors (Lipinski definition) is 3. The third-order valence-electron chi connectivity index (χ3n) is 3.03. The van der Waals surface area contributed by atoms with Crippen molar-refractivity contribution in [2.45, 2.75) is 46.1 Å². The Balaban J connectivity index is 2.72. The lowest BCUT2D eigenvalue weighted by Crippen LogP contribution is -2.50. The molecule has 18 heavy (non-hydrogen) atoms. The molecule has 0 heterocycles. The second kappa shape index (κ2) is 6.03. The quantitative estimate of drug-likeness (QED) is 0.569. The average Bonchev–Trinajstić information content (AvgIpc) is 2.77. The van der Waals surface area contributed by atoms with Crippen LogP contribution in [-0.4, -0.2) is 35.5 Å². The zero-order valence-corrected chi connectivity index (χ0v) is 11.7. The topological polar surface area (TPSA) is 46.6 Å². The molecule has 0 aromatic heterocycles. The highest BCUT2D eigenvalue weighted by Crippen LogP contribution is 2.24. The van der Waals surface area contributed by atoms with E-state index in [9.17, 15) is 9.59 Å². The van der Waals surface area contributed by atoms with E-state index >= 15 is 0 Å². The summed E-state index contributed by atoms with van der Waals surface area (Å²) in [6, 6.07) is 0. The summed E-state index contributed by atoms with van der Waals surface area (Å²) in [6.07, 6.45) is 5.59. The molecule has 4 nitrogen and oxygen atoms in total. The number of ether oxygens (including phenoxy) is 1. The summed E-state index contributed by atoms with van der Waals surface area (Å²) in [6.45, 7) is 7.95. The third kappa shape index (κ3) is 3.86. The molecule has 0 radical (unpaired) electrons. The molecule has 0 atom stereocenters. The van der Waals surface area contributed by atoms with Crippen LogP contribution in [0.4, 0.5) is 0 Å². The molecule has 0 saturated heterocycles. The van der Waals surface area contributed by atoms with E-state index in [1.807, 2.05) is 32.9 Å². The van der Waals surface area contributed by atoms with Crippen LogP contribution >= 0.6 is 0 Å². The Kier molecular flexibility index (Phi) is 4.93. The number of esters is 1. The summed E-state index contributed by atoms with van der Waals surface area (Å²) < 4.78 is 4.93. The van der Waals surface area contributed by atoms with E-state index in [4.69, 9.17) is 4.74 Å². The summed E-state index contributed by atoms with van der Waals surface area (Å²) in [5.41, 5.74) is -0.369. The van der Waals surface area contributed by atoms with Crippen molar-refractivity contribution in [1.29, 1.82) is 0 Å². The van der Waals surface area contributed by atoms with Crippen LogP contribution in [0.5, 0.6) is 0 Å². The number of nitrogens with zero attached hydrogens (tertiary/aromatic N) is 1. The third-order valence-corrected chi connectivity index (χ3v) is 3.03. The van der Waals surface area contributed by atoms with Crippen LogP contribution < -0.4 is 0 Å². The maximum Gasteiger partial charge on any atom is 0.325 e. The molecule has 0 spiro atoms. The summed E-state index contributed by atoms with van der Waals surface area (Å²) >= 11 is 0. The van der Waals surface area contributed by atoms with Crippen molar-refractivity contribution in [3.05, 3.63) is 12.2 Å². The minimum atomic E-state index is -0.369. The number of rotatable bonds is 4. The first-order valence-electron chi connectivity index (χ1n) is 6.48. The fraction of sp³-hybridized carbons (Fsp3) is 0.714. The lowest BCUT2D eigenvalue weighted by molar-refractivity contribution is -0.153. The molecule has 1 rings (SSSR count). The van der Waals surface area contributed by atoms with Gasteiger partial charge in [0, 0.05) is 11.5 Å². The molecule has 0 N–H and O–H groups in total. The van der Waals surface area contributed by atoms with Gasteiger partial charge in [0.05, 0.1) is 6.61 Å². The number of hydrogen-bond donors (Lipinski definition) is 0. The van der Waals surface area contributed by atoms with Gasteiger partial charge in [-0.25, -0.2) is 0 Å². The van der Waals surface area contributed by atoms with Crippen molar-refractivity contribution in [3.63, 3.8) is 0 Å². The highest BCUT2D eigenvalue weighted by Gasteiger charge is 2.33. The zero-order valence-electron chi connectivity index (χ0n) is 11.7. The standard InChI is InChI=1S/C14H23NO3/c1-5-18-12(16)10-15(14(2,3)4)13(17)11-8-6-7-9-11/h6-7,11H,5,8-10H2,1-4H3. The summed E-state index contributed by atoms with van der Waals surface area (Å²) in [7, 11) is 0. The second-order valence-corrected chi connectivity index (χ2v) is 5.54. The van der Waals surface area contributed by atoms with Gasteiger partial charge >= 0.3 is 5.97 Å². The Morgan fingerprint density at radius 2 is 1.83 bits per heavy atom. The molecule has 0 unspecified atom stereocenters. The summed E-state index contributed by atoms with van der Waals surface area (Å²) in [4.78, 5) is 25.6. The van der Waals surface area contributed by atoms with Crippen molar-refractivity contribution in [2.24, 2.45) is 5.92 Å². The van der Waals surface area contributed by atoms with E-state index in [0.29, 0.717) is 6.61 Å². The van der Waals surface area contributed by atoms with E-state index in [1.54, 1.807) is 11.8 Å². The largest absolute Gasteiger partial charge is 0.465 e. The highest BCUT2D eigenvalue weighted by atomic mass is 16.5. The van der Waals surface area contributed by atoms with Gasteiger partial charge in [-0.1, -0.05) is 12.2 Å². The van der Waals surface area contributed by atoms with Gasteiger partial charge < -0.3 is 9.64 Å². The Bertz CT molecular complexity index is 333. The maximum atomic E-state index is 12.4. The van der Waals surface area contributed by atoms with E-state index in [-0.39, 0.29) is 29.9 Å². The van der Waals surface area contributed by atoms with Crippen molar-refractivity contribution in [1.82, 2.24) is 4.90 Å². The lowest BCUT2D eigenvalue weighted by atomic mass is 9.99. The SMILES string of the molecule is CCOC(=O)CN(C(=O)C1CC=CC1)C(C)(C)C. The predicted octanol–water partition coefficient (Wildman–Crippen LogP) is 2.14. The van der Waals surface area contributed by atoms with E-state index in [2.05, 4.69) is 0 Å². The molecular weight excluding hydrogens is 230 g/mol. The van der Waals surface area contributed by atoms with Crippen molar-refractivity contribution in [2.75, 3.05) is 13.2 Å². The Labute approximate surface area is 109 Å². The molecule has 0 aromatic rings. The lowest BCUT2D eigenvalue weighted by Gasteiger charge is -2.36. The molecule has 0 fully saturated rings. The van der Waals surface area contributed by atoms with Crippen LogP contribution in [0.25, 0.3) is 0 Å². The fourth-order valence-corrected chi connectivity index (χ4v) is 2.02. The molecule has 0 aromatic carbocycles. The Hall–Kier alpha value is -1.32. The summed E-state index contributed by atoms with van der Waals surface area (Å²) in [5, 5.41) is 0. The Morgan fingerprint density at radius 3 is 2.28 bits per heavy atom. The first-order valence-corrected chi connectivity index (χ1v) is 6.48. The minimum Gasteiger partial charge on any atom is -0.465 e. The molecule has 4 heteroatoms. The first kappa shape index (κ1) is 14.7. The van der Waals surface area contributed by atoms with Crippen molar-refractivity contribution in [3.8, 4) is 0 Å². The molecule has 102 valence electrons. The van der Waals surface area contributed by atoms with Gasteiger partial charge in [-0.3, -0.25) is 9.59 Å². The molecular formula is C14H23NO3. The van der Waals surface area contributed by atoms with E-state index in [1.165, 1.54) is 0 Å². The molecule has 1 aliphatic carbocycles. The minimum absolute atomic E-state index is 0.0151. The molecule has 1 aliphatic rings. The normalized spacial score (nSPS) is 15.8.